The summed E-state index contributed by atoms with van der Waals surface area (Å²) in [7, 11) is -3.48. The normalized spacial score (nSPS) is 16.0. The summed E-state index contributed by atoms with van der Waals surface area (Å²) in [5.41, 5.74) is 1.53. The predicted octanol–water partition coefficient (Wildman–Crippen LogP) is 2.29. The molecule has 0 radical (unpaired) electrons. The summed E-state index contributed by atoms with van der Waals surface area (Å²) in [6, 6.07) is 10.6. The fraction of sp³-hybridized carbons (Fsp3) is 0.375. The van der Waals surface area contributed by atoms with Crippen LogP contribution in [0.3, 0.4) is 0 Å². The van der Waals surface area contributed by atoms with Gasteiger partial charge in [0.15, 0.2) is 0 Å². The van der Waals surface area contributed by atoms with Crippen LogP contribution in [0.2, 0.25) is 0 Å². The number of nitrogens with zero attached hydrogens (tertiary/aromatic N) is 1. The SMILES string of the molecule is O=S(=O)(Nc1ccc(NCCN2CCOCC2)cc1)c1cccs1. The number of morpholine rings is 1. The van der Waals surface area contributed by atoms with Gasteiger partial charge in [-0.3, -0.25) is 9.62 Å². The van der Waals surface area contributed by atoms with Crippen LogP contribution in [-0.4, -0.2) is 52.7 Å². The van der Waals surface area contributed by atoms with Crippen molar-refractivity contribution in [3.8, 4) is 0 Å². The molecule has 0 saturated carbocycles. The Morgan fingerprint density at radius 2 is 1.79 bits per heavy atom. The van der Waals surface area contributed by atoms with Crippen LogP contribution in [0.15, 0.2) is 46.0 Å². The fourth-order valence-electron chi connectivity index (χ4n) is 2.46. The number of hydrogen-bond acceptors (Lipinski definition) is 6. The van der Waals surface area contributed by atoms with Crippen LogP contribution in [0.1, 0.15) is 0 Å². The molecule has 0 aliphatic carbocycles. The second kappa shape index (κ2) is 7.98. The first-order valence-corrected chi connectivity index (χ1v) is 10.2. The van der Waals surface area contributed by atoms with E-state index in [1.165, 1.54) is 11.3 Å². The summed E-state index contributed by atoms with van der Waals surface area (Å²) >= 11 is 1.20. The van der Waals surface area contributed by atoms with E-state index in [0.29, 0.717) is 9.90 Å². The van der Waals surface area contributed by atoms with Gasteiger partial charge in [-0.25, -0.2) is 8.42 Å². The van der Waals surface area contributed by atoms with E-state index in [1.54, 1.807) is 29.6 Å². The van der Waals surface area contributed by atoms with Gasteiger partial charge >= 0.3 is 0 Å². The van der Waals surface area contributed by atoms with E-state index in [9.17, 15) is 8.42 Å². The molecule has 1 aromatic heterocycles. The molecule has 0 spiro atoms. The third kappa shape index (κ3) is 4.70. The lowest BCUT2D eigenvalue weighted by atomic mass is 10.3. The molecule has 2 N–H and O–H groups in total. The second-order valence-corrected chi connectivity index (χ2v) is 8.35. The van der Waals surface area contributed by atoms with Gasteiger partial charge in [-0.2, -0.15) is 0 Å². The molecule has 2 heterocycles. The van der Waals surface area contributed by atoms with Gasteiger partial charge < -0.3 is 10.1 Å². The summed E-state index contributed by atoms with van der Waals surface area (Å²) in [6.07, 6.45) is 0. The van der Waals surface area contributed by atoms with E-state index in [2.05, 4.69) is 14.9 Å². The number of nitrogens with one attached hydrogen (secondary N) is 2. The molecular weight excluding hydrogens is 346 g/mol. The third-order valence-corrected chi connectivity index (χ3v) is 6.54. The minimum absolute atomic E-state index is 0.315. The van der Waals surface area contributed by atoms with Crippen LogP contribution in [0.4, 0.5) is 11.4 Å². The Kier molecular flexibility index (Phi) is 5.72. The monoisotopic (exact) mass is 367 g/mol. The molecule has 1 aromatic carbocycles. The largest absolute Gasteiger partial charge is 0.384 e. The quantitative estimate of drug-likeness (QED) is 0.786. The van der Waals surface area contributed by atoms with E-state index < -0.39 is 10.0 Å². The van der Waals surface area contributed by atoms with Gasteiger partial charge in [0, 0.05) is 37.6 Å². The molecule has 1 aliphatic rings. The standard InChI is InChI=1S/C16H21N3O3S2/c20-24(21,16-2-1-13-23-16)18-15-5-3-14(4-6-15)17-7-8-19-9-11-22-12-10-19/h1-6,13,17-18H,7-12H2. The lowest BCUT2D eigenvalue weighted by Crippen LogP contribution is -2.38. The molecule has 130 valence electrons. The molecule has 3 rings (SSSR count). The van der Waals surface area contributed by atoms with Gasteiger partial charge in [-0.05, 0) is 35.7 Å². The van der Waals surface area contributed by atoms with Crippen molar-refractivity contribution in [1.29, 1.82) is 0 Å². The van der Waals surface area contributed by atoms with Crippen LogP contribution < -0.4 is 10.0 Å². The van der Waals surface area contributed by atoms with Crippen molar-refractivity contribution in [3.63, 3.8) is 0 Å². The third-order valence-electron chi connectivity index (χ3n) is 3.76. The highest BCUT2D eigenvalue weighted by Crippen LogP contribution is 2.21. The predicted molar refractivity (Wildman–Crippen MR) is 97.3 cm³/mol. The van der Waals surface area contributed by atoms with Gasteiger partial charge in [0.2, 0.25) is 0 Å². The Bertz CT molecular complexity index is 724. The molecule has 0 amide bonds. The topological polar surface area (TPSA) is 70.7 Å². The Balaban J connectivity index is 1.50. The molecule has 1 fully saturated rings. The second-order valence-electron chi connectivity index (χ2n) is 5.50. The van der Waals surface area contributed by atoms with E-state index in [1.807, 2.05) is 12.1 Å². The summed E-state index contributed by atoms with van der Waals surface area (Å²) in [5, 5.41) is 5.10. The minimum atomic E-state index is -3.48. The highest BCUT2D eigenvalue weighted by Gasteiger charge is 2.15. The maximum absolute atomic E-state index is 12.2. The van der Waals surface area contributed by atoms with Gasteiger partial charge in [-0.15, -0.1) is 11.3 Å². The van der Waals surface area contributed by atoms with Gasteiger partial charge in [0.1, 0.15) is 4.21 Å². The molecule has 0 atom stereocenters. The van der Waals surface area contributed by atoms with E-state index in [0.717, 1.165) is 45.1 Å². The number of anilines is 2. The van der Waals surface area contributed by atoms with Crippen LogP contribution in [0.5, 0.6) is 0 Å². The smallest absolute Gasteiger partial charge is 0.271 e. The average Bonchev–Trinajstić information content (AvgIpc) is 3.13. The van der Waals surface area contributed by atoms with Gasteiger partial charge in [0.25, 0.3) is 10.0 Å². The lowest BCUT2D eigenvalue weighted by molar-refractivity contribution is 0.0398. The molecule has 24 heavy (non-hydrogen) atoms. The summed E-state index contributed by atoms with van der Waals surface area (Å²) in [5.74, 6) is 0. The maximum atomic E-state index is 12.2. The first-order chi connectivity index (χ1) is 11.6. The molecule has 6 nitrogen and oxygen atoms in total. The van der Waals surface area contributed by atoms with Crippen molar-refractivity contribution in [1.82, 2.24) is 4.90 Å². The number of benzene rings is 1. The average molecular weight is 367 g/mol. The van der Waals surface area contributed by atoms with Crippen molar-refractivity contribution < 1.29 is 13.2 Å². The number of ether oxygens (including phenoxy) is 1. The molecular formula is C16H21N3O3S2. The number of rotatable bonds is 7. The molecule has 2 aromatic rings. The number of hydrogen-bond donors (Lipinski definition) is 2. The number of thiophene rings is 1. The highest BCUT2D eigenvalue weighted by molar-refractivity contribution is 7.94. The van der Waals surface area contributed by atoms with Crippen molar-refractivity contribution in [2.75, 3.05) is 49.4 Å². The van der Waals surface area contributed by atoms with Gasteiger partial charge in [-0.1, -0.05) is 6.07 Å². The Hall–Kier alpha value is -1.61. The molecule has 0 bridgehead atoms. The van der Waals surface area contributed by atoms with Crippen LogP contribution >= 0.6 is 11.3 Å². The van der Waals surface area contributed by atoms with E-state index >= 15 is 0 Å². The first-order valence-electron chi connectivity index (χ1n) is 7.84. The molecule has 1 aliphatic heterocycles. The molecule has 0 unspecified atom stereocenters. The Labute approximate surface area is 146 Å². The van der Waals surface area contributed by atoms with E-state index in [-0.39, 0.29) is 0 Å². The lowest BCUT2D eigenvalue weighted by Gasteiger charge is -2.26. The van der Waals surface area contributed by atoms with Crippen molar-refractivity contribution in [2.45, 2.75) is 4.21 Å². The Morgan fingerprint density at radius 1 is 1.08 bits per heavy atom. The minimum Gasteiger partial charge on any atom is -0.384 e. The first kappa shape index (κ1) is 17.2. The summed E-state index contributed by atoms with van der Waals surface area (Å²) in [6.45, 7) is 5.38. The summed E-state index contributed by atoms with van der Waals surface area (Å²) in [4.78, 5) is 2.36. The van der Waals surface area contributed by atoms with Gasteiger partial charge in [0.05, 0.1) is 13.2 Å². The van der Waals surface area contributed by atoms with Crippen LogP contribution in [0.25, 0.3) is 0 Å². The van der Waals surface area contributed by atoms with Crippen molar-refractivity contribution in [2.24, 2.45) is 0 Å². The number of sulfonamides is 1. The summed E-state index contributed by atoms with van der Waals surface area (Å²) < 4.78 is 32.6. The molecule has 1 saturated heterocycles. The fourth-order valence-corrected chi connectivity index (χ4v) is 4.51. The zero-order valence-corrected chi connectivity index (χ0v) is 14.9. The van der Waals surface area contributed by atoms with E-state index in [4.69, 9.17) is 4.74 Å². The Morgan fingerprint density at radius 3 is 2.46 bits per heavy atom. The van der Waals surface area contributed by atoms with Crippen molar-refractivity contribution in [3.05, 3.63) is 41.8 Å². The maximum Gasteiger partial charge on any atom is 0.271 e. The highest BCUT2D eigenvalue weighted by atomic mass is 32.2. The zero-order chi connectivity index (χ0) is 16.8. The molecule has 8 heteroatoms. The van der Waals surface area contributed by atoms with Crippen molar-refractivity contribution >= 4 is 32.7 Å². The zero-order valence-electron chi connectivity index (χ0n) is 13.3. The van der Waals surface area contributed by atoms with Crippen LogP contribution in [0, 0.1) is 0 Å². The van der Waals surface area contributed by atoms with Crippen LogP contribution in [-0.2, 0) is 14.8 Å².